The maximum absolute atomic E-state index is 13.0. The number of morpholine rings is 1. The molecule has 0 bridgehead atoms. The van der Waals surface area contributed by atoms with Crippen molar-refractivity contribution >= 4 is 21.9 Å². The van der Waals surface area contributed by atoms with Crippen LogP contribution in [0.1, 0.15) is 34.5 Å². The third-order valence-electron chi connectivity index (χ3n) is 5.62. The molecule has 0 saturated carbocycles. The molecular weight excluding hydrogens is 464 g/mol. The van der Waals surface area contributed by atoms with Crippen LogP contribution in [0.25, 0.3) is 0 Å². The number of sulfonamides is 1. The fraction of sp³-hybridized carbons (Fsp3) is 0.391. The first-order chi connectivity index (χ1) is 16.3. The zero-order valence-electron chi connectivity index (χ0n) is 18.9. The molecule has 0 unspecified atom stereocenters. The lowest BCUT2D eigenvalue weighted by Crippen LogP contribution is -2.40. The van der Waals surface area contributed by atoms with Crippen LogP contribution in [-0.2, 0) is 24.3 Å². The normalized spacial score (nSPS) is 16.6. The molecular formula is C23H26N2O8S. The minimum atomic E-state index is -3.78. The second-order valence-corrected chi connectivity index (χ2v) is 9.88. The van der Waals surface area contributed by atoms with E-state index in [1.165, 1.54) is 16.4 Å². The third-order valence-corrected chi connectivity index (χ3v) is 7.66. The molecule has 2 aromatic carbocycles. The quantitative estimate of drug-likeness (QED) is 0.583. The minimum absolute atomic E-state index is 0.0322. The predicted molar refractivity (Wildman–Crippen MR) is 120 cm³/mol. The molecule has 0 aliphatic carbocycles. The van der Waals surface area contributed by atoms with Crippen molar-refractivity contribution in [3.63, 3.8) is 0 Å². The van der Waals surface area contributed by atoms with Gasteiger partial charge in [0.05, 0.1) is 29.7 Å². The molecule has 2 aliphatic heterocycles. The van der Waals surface area contributed by atoms with Gasteiger partial charge in [0, 0.05) is 13.1 Å². The van der Waals surface area contributed by atoms with Gasteiger partial charge in [0.1, 0.15) is 0 Å². The van der Waals surface area contributed by atoms with Crippen molar-refractivity contribution < 1.29 is 37.0 Å². The van der Waals surface area contributed by atoms with E-state index in [9.17, 15) is 18.0 Å². The standard InChI is InChI=1S/C23H26N2O8S/c1-15-3-4-18(12-21(15)34(28,29)25-7-9-30-10-8-25)23(27)31-13-22(26)24-16(2)17-5-6-19-20(11-17)33-14-32-19/h3-6,11-12,16H,7-10,13-14H2,1-2H3,(H,24,26)/t16-/m0/s1. The van der Waals surface area contributed by atoms with Gasteiger partial charge in [-0.3, -0.25) is 4.79 Å². The zero-order valence-corrected chi connectivity index (χ0v) is 19.7. The van der Waals surface area contributed by atoms with Crippen LogP contribution in [0.5, 0.6) is 11.5 Å². The topological polar surface area (TPSA) is 120 Å². The molecule has 1 amide bonds. The number of hydrogen-bond acceptors (Lipinski definition) is 8. The van der Waals surface area contributed by atoms with Gasteiger partial charge >= 0.3 is 5.97 Å². The first kappa shape index (κ1) is 24.0. The number of aryl methyl sites for hydroxylation is 1. The van der Waals surface area contributed by atoms with Crippen LogP contribution >= 0.6 is 0 Å². The molecule has 1 atom stereocenters. The van der Waals surface area contributed by atoms with Crippen LogP contribution in [0.2, 0.25) is 0 Å². The van der Waals surface area contributed by atoms with Gasteiger partial charge in [0.25, 0.3) is 5.91 Å². The highest BCUT2D eigenvalue weighted by Crippen LogP contribution is 2.34. The number of amides is 1. The van der Waals surface area contributed by atoms with Crippen molar-refractivity contribution in [2.24, 2.45) is 0 Å². The molecule has 1 saturated heterocycles. The zero-order chi connectivity index (χ0) is 24.3. The van der Waals surface area contributed by atoms with E-state index in [1.54, 1.807) is 32.0 Å². The number of benzene rings is 2. The summed E-state index contributed by atoms with van der Waals surface area (Å²) in [5, 5.41) is 2.76. The Labute approximate surface area is 197 Å². The molecule has 0 aromatic heterocycles. The van der Waals surface area contributed by atoms with Gasteiger partial charge in [-0.1, -0.05) is 12.1 Å². The van der Waals surface area contributed by atoms with Gasteiger partial charge in [0.2, 0.25) is 16.8 Å². The van der Waals surface area contributed by atoms with E-state index in [0.717, 1.165) is 5.56 Å². The third kappa shape index (κ3) is 5.16. The summed E-state index contributed by atoms with van der Waals surface area (Å²) < 4.78 is 48.3. The van der Waals surface area contributed by atoms with E-state index in [4.69, 9.17) is 18.9 Å². The number of rotatable bonds is 7. The molecule has 1 N–H and O–H groups in total. The summed E-state index contributed by atoms with van der Waals surface area (Å²) in [5.41, 5.74) is 1.37. The largest absolute Gasteiger partial charge is 0.454 e. The molecule has 1 fully saturated rings. The van der Waals surface area contributed by atoms with Gasteiger partial charge in [-0.2, -0.15) is 4.31 Å². The second kappa shape index (κ2) is 10.00. The minimum Gasteiger partial charge on any atom is -0.454 e. The van der Waals surface area contributed by atoms with Crippen molar-refractivity contribution in [1.82, 2.24) is 9.62 Å². The fourth-order valence-electron chi connectivity index (χ4n) is 3.69. The molecule has 34 heavy (non-hydrogen) atoms. The van der Waals surface area contributed by atoms with E-state index in [0.29, 0.717) is 30.3 Å². The Morgan fingerprint density at radius 3 is 2.59 bits per heavy atom. The highest BCUT2D eigenvalue weighted by Gasteiger charge is 2.28. The van der Waals surface area contributed by atoms with Crippen LogP contribution in [0.4, 0.5) is 0 Å². The number of carbonyl (C=O) groups is 2. The van der Waals surface area contributed by atoms with Crippen molar-refractivity contribution in [2.45, 2.75) is 24.8 Å². The van der Waals surface area contributed by atoms with Crippen LogP contribution in [0, 0.1) is 6.92 Å². The molecule has 0 spiro atoms. The predicted octanol–water partition coefficient (Wildman–Crippen LogP) is 1.78. The molecule has 11 heteroatoms. The lowest BCUT2D eigenvalue weighted by molar-refractivity contribution is -0.124. The van der Waals surface area contributed by atoms with Crippen LogP contribution in [0.3, 0.4) is 0 Å². The Bertz CT molecular complexity index is 1190. The number of fused-ring (bicyclic) bond motifs is 1. The fourth-order valence-corrected chi connectivity index (χ4v) is 5.35. The van der Waals surface area contributed by atoms with E-state index in [-0.39, 0.29) is 36.4 Å². The lowest BCUT2D eigenvalue weighted by atomic mass is 10.1. The second-order valence-electron chi connectivity index (χ2n) is 7.97. The lowest BCUT2D eigenvalue weighted by Gasteiger charge is -2.26. The number of hydrogen-bond donors (Lipinski definition) is 1. The Kier molecular flexibility index (Phi) is 7.05. The van der Waals surface area contributed by atoms with Crippen LogP contribution in [-0.4, -0.2) is 64.3 Å². The summed E-state index contributed by atoms with van der Waals surface area (Å²) in [6.45, 7) is 4.24. The molecule has 4 rings (SSSR count). The molecule has 2 aromatic rings. The van der Waals surface area contributed by atoms with Gasteiger partial charge < -0.3 is 24.3 Å². The van der Waals surface area contributed by atoms with Gasteiger partial charge in [-0.15, -0.1) is 0 Å². The molecule has 2 aliphatic rings. The van der Waals surface area contributed by atoms with Crippen molar-refractivity contribution in [3.8, 4) is 11.5 Å². The molecule has 0 radical (unpaired) electrons. The summed E-state index contributed by atoms with van der Waals surface area (Å²) in [6.07, 6.45) is 0. The SMILES string of the molecule is Cc1ccc(C(=O)OCC(=O)N[C@@H](C)c2ccc3c(c2)OCO3)cc1S(=O)(=O)N1CCOCC1. The van der Waals surface area contributed by atoms with Gasteiger partial charge in [0.15, 0.2) is 18.1 Å². The smallest absolute Gasteiger partial charge is 0.338 e. The summed E-state index contributed by atoms with van der Waals surface area (Å²) in [4.78, 5) is 24.9. The van der Waals surface area contributed by atoms with E-state index >= 15 is 0 Å². The monoisotopic (exact) mass is 490 g/mol. The van der Waals surface area contributed by atoms with Crippen molar-refractivity contribution in [3.05, 3.63) is 53.1 Å². The van der Waals surface area contributed by atoms with Gasteiger partial charge in [-0.05, 0) is 49.2 Å². The average molecular weight is 491 g/mol. The number of nitrogens with zero attached hydrogens (tertiary/aromatic N) is 1. The summed E-state index contributed by atoms with van der Waals surface area (Å²) in [6, 6.07) is 9.31. The molecule has 182 valence electrons. The van der Waals surface area contributed by atoms with Crippen LogP contribution in [0.15, 0.2) is 41.3 Å². The van der Waals surface area contributed by atoms with Crippen LogP contribution < -0.4 is 14.8 Å². The highest BCUT2D eigenvalue weighted by atomic mass is 32.2. The van der Waals surface area contributed by atoms with E-state index in [2.05, 4.69) is 5.32 Å². The maximum atomic E-state index is 13.0. The van der Waals surface area contributed by atoms with Crippen molar-refractivity contribution in [2.75, 3.05) is 39.7 Å². The number of carbonyl (C=O) groups excluding carboxylic acids is 2. The average Bonchev–Trinajstić information content (AvgIpc) is 3.31. The number of ether oxygens (including phenoxy) is 4. The summed E-state index contributed by atoms with van der Waals surface area (Å²) in [7, 11) is -3.78. The summed E-state index contributed by atoms with van der Waals surface area (Å²) in [5.74, 6) is -0.0346. The van der Waals surface area contributed by atoms with E-state index < -0.39 is 28.5 Å². The first-order valence-corrected chi connectivity index (χ1v) is 12.2. The Hall–Kier alpha value is -3.15. The van der Waals surface area contributed by atoms with E-state index in [1.807, 2.05) is 6.07 Å². The maximum Gasteiger partial charge on any atom is 0.338 e. The molecule has 10 nitrogen and oxygen atoms in total. The summed E-state index contributed by atoms with van der Waals surface area (Å²) >= 11 is 0. The van der Waals surface area contributed by atoms with Gasteiger partial charge in [-0.25, -0.2) is 13.2 Å². The number of esters is 1. The Balaban J connectivity index is 1.37. The Morgan fingerprint density at radius 2 is 1.82 bits per heavy atom. The van der Waals surface area contributed by atoms with Crippen molar-refractivity contribution in [1.29, 1.82) is 0 Å². The first-order valence-electron chi connectivity index (χ1n) is 10.8. The highest BCUT2D eigenvalue weighted by molar-refractivity contribution is 7.89. The molecule has 2 heterocycles. The number of nitrogens with one attached hydrogen (secondary N) is 1. The Morgan fingerprint density at radius 1 is 1.09 bits per heavy atom.